The second-order valence-corrected chi connectivity index (χ2v) is 5.32. The predicted molar refractivity (Wildman–Crippen MR) is 86.3 cm³/mol. The molecule has 0 bridgehead atoms. The lowest BCUT2D eigenvalue weighted by Gasteiger charge is -2.18. The molecule has 3 rings (SSSR count). The molecular weight excluding hydrogens is 266 g/mol. The molecule has 1 atom stereocenters. The Bertz CT molecular complexity index is 719. The van der Waals surface area contributed by atoms with Crippen molar-refractivity contribution in [2.45, 2.75) is 6.04 Å². The number of hydrogen-bond donors (Lipinski definition) is 1. The zero-order valence-electron chi connectivity index (χ0n) is 11.3. The molecule has 0 aliphatic rings. The van der Waals surface area contributed by atoms with Crippen molar-refractivity contribution in [3.05, 3.63) is 82.9 Å². The summed E-state index contributed by atoms with van der Waals surface area (Å²) in [7, 11) is 1.98. The van der Waals surface area contributed by atoms with Gasteiger partial charge in [-0.25, -0.2) is 0 Å². The van der Waals surface area contributed by atoms with Gasteiger partial charge in [-0.2, -0.15) is 0 Å². The Hall–Kier alpha value is -1.83. The van der Waals surface area contributed by atoms with Crippen molar-refractivity contribution in [2.24, 2.45) is 0 Å². The second kappa shape index (κ2) is 5.66. The molecule has 1 nitrogen and oxygen atoms in total. The van der Waals surface area contributed by atoms with Crippen LogP contribution < -0.4 is 5.32 Å². The summed E-state index contributed by atoms with van der Waals surface area (Å²) in [6.07, 6.45) is 0. The average Bonchev–Trinajstić information content (AvgIpc) is 2.50. The van der Waals surface area contributed by atoms with Gasteiger partial charge in [0.05, 0.1) is 6.04 Å². The standard InChI is InChI=1S/C18H16ClN/c1-20-18(14-8-10-17(19)11-9-14)16-7-6-13-4-2-3-5-15(13)12-16/h2-12,18,20H,1H3. The zero-order valence-corrected chi connectivity index (χ0v) is 12.1. The van der Waals surface area contributed by atoms with E-state index in [1.807, 2.05) is 19.2 Å². The summed E-state index contributed by atoms with van der Waals surface area (Å²) in [6, 6.07) is 23.2. The van der Waals surface area contributed by atoms with Gasteiger partial charge in [-0.05, 0) is 47.1 Å². The first-order valence-corrected chi connectivity index (χ1v) is 7.07. The third kappa shape index (κ3) is 2.55. The lowest BCUT2D eigenvalue weighted by atomic mass is 9.96. The number of nitrogens with one attached hydrogen (secondary N) is 1. The number of hydrogen-bond acceptors (Lipinski definition) is 1. The van der Waals surface area contributed by atoms with E-state index in [0.29, 0.717) is 0 Å². The van der Waals surface area contributed by atoms with Crippen LogP contribution >= 0.6 is 11.6 Å². The largest absolute Gasteiger partial charge is 0.309 e. The number of benzene rings is 3. The Morgan fingerprint density at radius 1 is 0.800 bits per heavy atom. The van der Waals surface area contributed by atoms with Crippen LogP contribution in [0.15, 0.2) is 66.7 Å². The Morgan fingerprint density at radius 2 is 1.45 bits per heavy atom. The number of fused-ring (bicyclic) bond motifs is 1. The van der Waals surface area contributed by atoms with Crippen LogP contribution in [0.3, 0.4) is 0 Å². The first-order chi connectivity index (χ1) is 9.78. The Labute approximate surface area is 124 Å². The molecule has 0 aromatic heterocycles. The quantitative estimate of drug-likeness (QED) is 0.727. The molecule has 1 unspecified atom stereocenters. The van der Waals surface area contributed by atoms with Crippen molar-refractivity contribution >= 4 is 22.4 Å². The van der Waals surface area contributed by atoms with E-state index >= 15 is 0 Å². The third-order valence-corrected chi connectivity index (χ3v) is 3.85. The average molecular weight is 282 g/mol. The summed E-state index contributed by atoms with van der Waals surface area (Å²) in [4.78, 5) is 0. The lowest BCUT2D eigenvalue weighted by Crippen LogP contribution is -2.17. The summed E-state index contributed by atoms with van der Waals surface area (Å²) < 4.78 is 0. The highest BCUT2D eigenvalue weighted by atomic mass is 35.5. The minimum absolute atomic E-state index is 0.178. The lowest BCUT2D eigenvalue weighted by molar-refractivity contribution is 0.693. The molecule has 0 amide bonds. The van der Waals surface area contributed by atoms with E-state index in [9.17, 15) is 0 Å². The maximum absolute atomic E-state index is 5.96. The summed E-state index contributed by atoms with van der Waals surface area (Å²) in [6.45, 7) is 0. The van der Waals surface area contributed by atoms with Gasteiger partial charge in [0.1, 0.15) is 0 Å². The highest BCUT2D eigenvalue weighted by Gasteiger charge is 2.12. The molecule has 0 fully saturated rings. The van der Waals surface area contributed by atoms with Gasteiger partial charge in [-0.3, -0.25) is 0 Å². The molecule has 20 heavy (non-hydrogen) atoms. The normalized spacial score (nSPS) is 12.5. The molecule has 3 aromatic carbocycles. The van der Waals surface area contributed by atoms with Crippen LogP contribution in [0.5, 0.6) is 0 Å². The van der Waals surface area contributed by atoms with Gasteiger partial charge in [-0.1, -0.05) is 60.1 Å². The van der Waals surface area contributed by atoms with Gasteiger partial charge in [-0.15, -0.1) is 0 Å². The molecule has 100 valence electrons. The molecule has 0 radical (unpaired) electrons. The highest BCUT2D eigenvalue weighted by molar-refractivity contribution is 6.30. The van der Waals surface area contributed by atoms with Crippen molar-refractivity contribution in [1.29, 1.82) is 0 Å². The SMILES string of the molecule is CNC(c1ccc(Cl)cc1)c1ccc2ccccc2c1. The van der Waals surface area contributed by atoms with Crippen LogP contribution in [0.2, 0.25) is 5.02 Å². The smallest absolute Gasteiger partial charge is 0.0574 e. The molecular formula is C18H16ClN. The Kier molecular flexibility index (Phi) is 3.72. The fourth-order valence-corrected chi connectivity index (χ4v) is 2.69. The Balaban J connectivity index is 2.04. The molecule has 0 saturated heterocycles. The topological polar surface area (TPSA) is 12.0 Å². The molecule has 0 aliphatic heterocycles. The predicted octanol–water partition coefficient (Wildman–Crippen LogP) is 4.80. The monoisotopic (exact) mass is 281 g/mol. The molecule has 3 aromatic rings. The van der Waals surface area contributed by atoms with Crippen LogP contribution in [0.1, 0.15) is 17.2 Å². The maximum atomic E-state index is 5.96. The van der Waals surface area contributed by atoms with Crippen molar-refractivity contribution in [2.75, 3.05) is 7.05 Å². The van der Waals surface area contributed by atoms with E-state index in [-0.39, 0.29) is 6.04 Å². The molecule has 0 aliphatic carbocycles. The van der Waals surface area contributed by atoms with Crippen LogP contribution in [0.25, 0.3) is 10.8 Å². The van der Waals surface area contributed by atoms with Crippen molar-refractivity contribution < 1.29 is 0 Å². The summed E-state index contributed by atoms with van der Waals surface area (Å²) in [5.41, 5.74) is 2.47. The van der Waals surface area contributed by atoms with Gasteiger partial charge < -0.3 is 5.32 Å². The van der Waals surface area contributed by atoms with Crippen LogP contribution in [0, 0.1) is 0 Å². The van der Waals surface area contributed by atoms with Crippen LogP contribution in [-0.2, 0) is 0 Å². The summed E-state index contributed by atoms with van der Waals surface area (Å²) in [5.74, 6) is 0. The van der Waals surface area contributed by atoms with Gasteiger partial charge in [0.15, 0.2) is 0 Å². The van der Waals surface area contributed by atoms with E-state index in [1.54, 1.807) is 0 Å². The first-order valence-electron chi connectivity index (χ1n) is 6.69. The van der Waals surface area contributed by atoms with Gasteiger partial charge in [0.25, 0.3) is 0 Å². The van der Waals surface area contributed by atoms with E-state index in [0.717, 1.165) is 5.02 Å². The fourth-order valence-electron chi connectivity index (χ4n) is 2.57. The van der Waals surface area contributed by atoms with Crippen molar-refractivity contribution in [3.63, 3.8) is 0 Å². The maximum Gasteiger partial charge on any atom is 0.0574 e. The van der Waals surface area contributed by atoms with Crippen molar-refractivity contribution in [1.82, 2.24) is 5.32 Å². The third-order valence-electron chi connectivity index (χ3n) is 3.60. The minimum atomic E-state index is 0.178. The molecule has 0 heterocycles. The van der Waals surface area contributed by atoms with Gasteiger partial charge in [0, 0.05) is 5.02 Å². The molecule has 0 saturated carbocycles. The summed E-state index contributed by atoms with van der Waals surface area (Å²) in [5, 5.41) is 6.67. The van der Waals surface area contributed by atoms with Crippen molar-refractivity contribution in [3.8, 4) is 0 Å². The molecule has 1 N–H and O–H groups in total. The van der Waals surface area contributed by atoms with E-state index in [4.69, 9.17) is 11.6 Å². The Morgan fingerprint density at radius 3 is 2.15 bits per heavy atom. The minimum Gasteiger partial charge on any atom is -0.309 e. The fraction of sp³-hybridized carbons (Fsp3) is 0.111. The van der Waals surface area contributed by atoms with Crippen LogP contribution in [-0.4, -0.2) is 7.05 Å². The van der Waals surface area contributed by atoms with Gasteiger partial charge in [0.2, 0.25) is 0 Å². The number of rotatable bonds is 3. The van der Waals surface area contributed by atoms with Crippen LogP contribution in [0.4, 0.5) is 0 Å². The second-order valence-electron chi connectivity index (χ2n) is 4.88. The molecule has 0 spiro atoms. The number of halogens is 1. The highest BCUT2D eigenvalue weighted by Crippen LogP contribution is 2.26. The molecule has 2 heteroatoms. The summed E-state index contributed by atoms with van der Waals surface area (Å²) >= 11 is 5.96. The van der Waals surface area contributed by atoms with E-state index in [2.05, 4.69) is 59.9 Å². The van der Waals surface area contributed by atoms with Gasteiger partial charge >= 0.3 is 0 Å². The van der Waals surface area contributed by atoms with E-state index < -0.39 is 0 Å². The van der Waals surface area contributed by atoms with E-state index in [1.165, 1.54) is 21.9 Å². The zero-order chi connectivity index (χ0) is 13.9. The first kappa shape index (κ1) is 13.2.